The average Bonchev–Trinajstić information content (AvgIpc) is 2.38. The zero-order valence-corrected chi connectivity index (χ0v) is 13.5. The molecule has 0 aliphatic carbocycles. The standard InChI is InChI=1S/C14H19BrN2O3/c1-4-20-14(19)16-7-8-17(11(3)18)12-6-5-10(2)13(15)9-12/h5-6,9H,4,7-8H2,1-3H3,(H,16,19). The Hall–Kier alpha value is -1.56. The number of anilines is 1. The molecule has 0 saturated heterocycles. The van der Waals surface area contributed by atoms with E-state index in [1.54, 1.807) is 11.8 Å². The number of rotatable bonds is 5. The van der Waals surface area contributed by atoms with E-state index in [9.17, 15) is 9.59 Å². The second kappa shape index (κ2) is 7.89. The molecule has 1 N–H and O–H groups in total. The maximum absolute atomic E-state index is 11.7. The molecule has 0 aromatic heterocycles. The second-order valence-electron chi connectivity index (χ2n) is 4.25. The van der Waals surface area contributed by atoms with Crippen LogP contribution >= 0.6 is 15.9 Å². The van der Waals surface area contributed by atoms with Gasteiger partial charge in [-0.15, -0.1) is 0 Å². The van der Waals surface area contributed by atoms with Gasteiger partial charge in [0.15, 0.2) is 0 Å². The summed E-state index contributed by atoms with van der Waals surface area (Å²) in [5, 5.41) is 2.60. The fraction of sp³-hybridized carbons (Fsp3) is 0.429. The van der Waals surface area contributed by atoms with E-state index in [2.05, 4.69) is 21.2 Å². The van der Waals surface area contributed by atoms with Gasteiger partial charge in [0, 0.05) is 30.2 Å². The summed E-state index contributed by atoms with van der Waals surface area (Å²) in [6.07, 6.45) is -0.471. The van der Waals surface area contributed by atoms with Gasteiger partial charge in [0.1, 0.15) is 0 Å². The average molecular weight is 343 g/mol. The van der Waals surface area contributed by atoms with Crippen molar-refractivity contribution in [3.8, 4) is 0 Å². The Kier molecular flexibility index (Phi) is 6.51. The maximum atomic E-state index is 11.7. The van der Waals surface area contributed by atoms with Crippen LogP contribution in [0.15, 0.2) is 22.7 Å². The van der Waals surface area contributed by atoms with Crippen molar-refractivity contribution in [2.75, 3.05) is 24.6 Å². The molecule has 0 aliphatic heterocycles. The first-order valence-electron chi connectivity index (χ1n) is 6.40. The minimum Gasteiger partial charge on any atom is -0.450 e. The Morgan fingerprint density at radius 2 is 2.10 bits per heavy atom. The molecule has 20 heavy (non-hydrogen) atoms. The first-order chi connectivity index (χ1) is 9.45. The van der Waals surface area contributed by atoms with Crippen LogP contribution in [0.25, 0.3) is 0 Å². The van der Waals surface area contributed by atoms with Crippen LogP contribution in [0.3, 0.4) is 0 Å². The first-order valence-corrected chi connectivity index (χ1v) is 7.20. The summed E-state index contributed by atoms with van der Waals surface area (Å²) < 4.78 is 5.71. The van der Waals surface area contributed by atoms with E-state index in [1.807, 2.05) is 25.1 Å². The molecule has 1 aromatic carbocycles. The van der Waals surface area contributed by atoms with Crippen molar-refractivity contribution in [2.45, 2.75) is 20.8 Å². The van der Waals surface area contributed by atoms with Gasteiger partial charge in [-0.25, -0.2) is 4.79 Å². The number of carbonyl (C=O) groups is 2. The molecule has 5 nitrogen and oxygen atoms in total. The lowest BCUT2D eigenvalue weighted by atomic mass is 10.2. The molecule has 110 valence electrons. The van der Waals surface area contributed by atoms with E-state index in [0.717, 1.165) is 15.7 Å². The third-order valence-electron chi connectivity index (χ3n) is 2.73. The normalized spacial score (nSPS) is 10.0. The molecular formula is C14H19BrN2O3. The van der Waals surface area contributed by atoms with Crippen LogP contribution in [-0.2, 0) is 9.53 Å². The van der Waals surface area contributed by atoms with E-state index in [0.29, 0.717) is 19.7 Å². The number of nitrogens with one attached hydrogen (secondary N) is 1. The molecule has 0 radical (unpaired) electrons. The Labute approximate surface area is 127 Å². The van der Waals surface area contributed by atoms with Gasteiger partial charge in [-0.2, -0.15) is 0 Å². The van der Waals surface area contributed by atoms with E-state index < -0.39 is 6.09 Å². The van der Waals surface area contributed by atoms with E-state index >= 15 is 0 Å². The molecule has 0 heterocycles. The van der Waals surface area contributed by atoms with Crippen LogP contribution in [0.1, 0.15) is 19.4 Å². The number of amides is 2. The molecule has 1 aromatic rings. The Bertz CT molecular complexity index is 491. The molecule has 0 unspecified atom stereocenters. The van der Waals surface area contributed by atoms with Crippen molar-refractivity contribution in [3.05, 3.63) is 28.2 Å². The number of hydrogen-bond acceptors (Lipinski definition) is 3. The largest absolute Gasteiger partial charge is 0.450 e. The lowest BCUT2D eigenvalue weighted by molar-refractivity contribution is -0.116. The predicted molar refractivity (Wildman–Crippen MR) is 81.9 cm³/mol. The highest BCUT2D eigenvalue weighted by Gasteiger charge is 2.12. The third-order valence-corrected chi connectivity index (χ3v) is 3.58. The number of carbonyl (C=O) groups excluding carboxylic acids is 2. The first kappa shape index (κ1) is 16.5. The lowest BCUT2D eigenvalue weighted by Crippen LogP contribution is -2.37. The zero-order chi connectivity index (χ0) is 15.1. The molecule has 0 spiro atoms. The van der Waals surface area contributed by atoms with Crippen molar-refractivity contribution < 1.29 is 14.3 Å². The molecule has 2 amide bonds. The third kappa shape index (κ3) is 4.85. The van der Waals surface area contributed by atoms with Crippen LogP contribution in [0.4, 0.5) is 10.5 Å². The van der Waals surface area contributed by atoms with Crippen LogP contribution in [0, 0.1) is 6.92 Å². The summed E-state index contributed by atoms with van der Waals surface area (Å²) in [6, 6.07) is 5.71. The minimum absolute atomic E-state index is 0.0774. The van der Waals surface area contributed by atoms with E-state index in [1.165, 1.54) is 6.92 Å². The van der Waals surface area contributed by atoms with Gasteiger partial charge in [0.25, 0.3) is 0 Å². The smallest absolute Gasteiger partial charge is 0.407 e. The second-order valence-corrected chi connectivity index (χ2v) is 5.11. The number of alkyl carbamates (subject to hydrolysis) is 1. The number of ether oxygens (including phenoxy) is 1. The van der Waals surface area contributed by atoms with Crippen LogP contribution in [0.5, 0.6) is 0 Å². The van der Waals surface area contributed by atoms with Gasteiger partial charge in [-0.3, -0.25) is 4.79 Å². The summed E-state index contributed by atoms with van der Waals surface area (Å²) in [5.74, 6) is -0.0774. The summed E-state index contributed by atoms with van der Waals surface area (Å²) in [4.78, 5) is 24.5. The highest BCUT2D eigenvalue weighted by Crippen LogP contribution is 2.23. The van der Waals surface area contributed by atoms with Gasteiger partial charge in [-0.05, 0) is 31.5 Å². The van der Waals surface area contributed by atoms with Gasteiger partial charge in [0.05, 0.1) is 6.61 Å². The maximum Gasteiger partial charge on any atom is 0.407 e. The summed E-state index contributed by atoms with van der Waals surface area (Å²) >= 11 is 3.45. The minimum atomic E-state index is -0.471. The van der Waals surface area contributed by atoms with Crippen molar-refractivity contribution in [3.63, 3.8) is 0 Å². The lowest BCUT2D eigenvalue weighted by Gasteiger charge is -2.22. The molecule has 0 bridgehead atoms. The van der Waals surface area contributed by atoms with Crippen LogP contribution < -0.4 is 10.2 Å². The van der Waals surface area contributed by atoms with Gasteiger partial charge in [0.2, 0.25) is 5.91 Å². The number of hydrogen-bond donors (Lipinski definition) is 1. The number of halogens is 1. The van der Waals surface area contributed by atoms with Gasteiger partial charge in [-0.1, -0.05) is 22.0 Å². The van der Waals surface area contributed by atoms with Crippen LogP contribution in [0.2, 0.25) is 0 Å². The van der Waals surface area contributed by atoms with Gasteiger partial charge < -0.3 is 15.0 Å². The predicted octanol–water partition coefficient (Wildman–Crippen LogP) is 2.86. The molecule has 0 saturated carbocycles. The van der Waals surface area contributed by atoms with E-state index in [4.69, 9.17) is 4.74 Å². The van der Waals surface area contributed by atoms with Crippen molar-refractivity contribution in [1.29, 1.82) is 0 Å². The highest BCUT2D eigenvalue weighted by atomic mass is 79.9. The number of benzene rings is 1. The van der Waals surface area contributed by atoms with Crippen molar-refractivity contribution in [2.24, 2.45) is 0 Å². The van der Waals surface area contributed by atoms with Crippen molar-refractivity contribution in [1.82, 2.24) is 5.32 Å². The Morgan fingerprint density at radius 1 is 1.40 bits per heavy atom. The number of aryl methyl sites for hydroxylation is 1. The fourth-order valence-corrected chi connectivity index (χ4v) is 2.04. The van der Waals surface area contributed by atoms with Crippen molar-refractivity contribution >= 4 is 33.6 Å². The molecule has 0 fully saturated rings. The quantitative estimate of drug-likeness (QED) is 0.894. The van der Waals surface area contributed by atoms with Crippen LogP contribution in [-0.4, -0.2) is 31.7 Å². The fourth-order valence-electron chi connectivity index (χ4n) is 1.67. The summed E-state index contributed by atoms with van der Waals surface area (Å²) in [5.41, 5.74) is 1.89. The Balaban J connectivity index is 2.67. The van der Waals surface area contributed by atoms with E-state index in [-0.39, 0.29) is 5.91 Å². The Morgan fingerprint density at radius 3 is 2.65 bits per heavy atom. The summed E-state index contributed by atoms with van der Waals surface area (Å²) in [7, 11) is 0. The zero-order valence-electron chi connectivity index (χ0n) is 11.9. The molecule has 6 heteroatoms. The molecule has 1 rings (SSSR count). The van der Waals surface area contributed by atoms with Gasteiger partial charge >= 0.3 is 6.09 Å². The molecule has 0 aliphatic rings. The molecule has 0 atom stereocenters. The highest BCUT2D eigenvalue weighted by molar-refractivity contribution is 9.10. The number of nitrogens with zero attached hydrogens (tertiary/aromatic N) is 1. The molecular weight excluding hydrogens is 324 g/mol. The monoisotopic (exact) mass is 342 g/mol. The topological polar surface area (TPSA) is 58.6 Å². The SMILES string of the molecule is CCOC(=O)NCCN(C(C)=O)c1ccc(C)c(Br)c1. The summed E-state index contributed by atoms with van der Waals surface area (Å²) in [6.45, 7) is 6.28.